The summed E-state index contributed by atoms with van der Waals surface area (Å²) in [6.07, 6.45) is -3.30. The Labute approximate surface area is 149 Å². The minimum atomic E-state index is -1.20. The highest BCUT2D eigenvalue weighted by molar-refractivity contribution is 5.68. The number of hydrogen-bond donors (Lipinski definition) is 3. The Morgan fingerprint density at radius 3 is 2.19 bits per heavy atom. The number of aliphatic hydroxyl groups is 3. The first-order chi connectivity index (χ1) is 12.3. The minimum absolute atomic E-state index is 0.0596. The fraction of sp³-hybridized carbons (Fsp3) is 0.500. The number of aryl methyl sites for hydroxylation is 2. The number of halogens is 2. The van der Waals surface area contributed by atoms with Crippen LogP contribution in [0.3, 0.4) is 0 Å². The van der Waals surface area contributed by atoms with Gasteiger partial charge >= 0.3 is 0 Å². The Bertz CT molecular complexity index is 741. The van der Waals surface area contributed by atoms with Crippen molar-refractivity contribution in [3.63, 3.8) is 0 Å². The standard InChI is InChI=1S/C18H22F2N2O4/c1-9-17(10(2)26-21-9)11-5-13(19)12(14(20)6-11)3-4-22-7-15(23)18(25)16(24)8-22/h5-6,15-16,18,23-25H,3-4,7-8H2,1-2H3/t15-,16+,18+. The van der Waals surface area contributed by atoms with Crippen LogP contribution in [0.2, 0.25) is 0 Å². The molecule has 0 aliphatic carbocycles. The lowest BCUT2D eigenvalue weighted by Gasteiger charge is -2.36. The number of β-amino-alcohol motifs (C(OH)–C–C–N with tert-alkyl or cyclic N) is 2. The van der Waals surface area contributed by atoms with Gasteiger partial charge in [0.1, 0.15) is 23.5 Å². The first kappa shape index (κ1) is 18.9. The molecule has 1 saturated heterocycles. The van der Waals surface area contributed by atoms with Crippen LogP contribution < -0.4 is 0 Å². The first-order valence-corrected chi connectivity index (χ1v) is 8.45. The predicted octanol–water partition coefficient (Wildman–Crippen LogP) is 1.18. The van der Waals surface area contributed by atoms with Crippen molar-refractivity contribution in [2.24, 2.45) is 0 Å². The molecule has 6 nitrogen and oxygen atoms in total. The topological polar surface area (TPSA) is 90.0 Å². The lowest BCUT2D eigenvalue weighted by atomic mass is 9.99. The van der Waals surface area contributed by atoms with Crippen molar-refractivity contribution in [3.8, 4) is 11.1 Å². The van der Waals surface area contributed by atoms with Crippen LogP contribution in [-0.4, -0.2) is 63.3 Å². The van der Waals surface area contributed by atoms with Crippen LogP contribution in [0.5, 0.6) is 0 Å². The van der Waals surface area contributed by atoms with E-state index in [0.717, 1.165) is 0 Å². The van der Waals surface area contributed by atoms with E-state index in [1.807, 2.05) is 0 Å². The Kier molecular flexibility index (Phi) is 5.38. The third-order valence-corrected chi connectivity index (χ3v) is 4.82. The van der Waals surface area contributed by atoms with Crippen LogP contribution in [0.4, 0.5) is 8.78 Å². The van der Waals surface area contributed by atoms with Gasteiger partial charge in [-0.05, 0) is 38.0 Å². The number of aromatic nitrogens is 1. The molecule has 142 valence electrons. The Morgan fingerprint density at radius 1 is 1.12 bits per heavy atom. The molecule has 26 heavy (non-hydrogen) atoms. The summed E-state index contributed by atoms with van der Waals surface area (Å²) in [5.74, 6) is -0.847. The van der Waals surface area contributed by atoms with E-state index in [9.17, 15) is 24.1 Å². The first-order valence-electron chi connectivity index (χ1n) is 8.45. The summed E-state index contributed by atoms with van der Waals surface area (Å²) in [6.45, 7) is 3.91. The Balaban J connectivity index is 1.75. The number of hydrogen-bond acceptors (Lipinski definition) is 6. The highest BCUT2D eigenvalue weighted by Crippen LogP contribution is 2.30. The lowest BCUT2D eigenvalue weighted by Crippen LogP contribution is -2.55. The van der Waals surface area contributed by atoms with Gasteiger partial charge in [-0.2, -0.15) is 0 Å². The smallest absolute Gasteiger partial charge is 0.141 e. The van der Waals surface area contributed by atoms with Gasteiger partial charge in [0.2, 0.25) is 0 Å². The SMILES string of the molecule is Cc1noc(C)c1-c1cc(F)c(CCN2C[C@@H](O)[C@H](O)[C@@H](O)C2)c(F)c1. The molecule has 0 unspecified atom stereocenters. The summed E-state index contributed by atoms with van der Waals surface area (Å²) in [5, 5.41) is 32.8. The fourth-order valence-electron chi connectivity index (χ4n) is 3.41. The van der Waals surface area contributed by atoms with E-state index in [0.29, 0.717) is 22.6 Å². The second kappa shape index (κ2) is 7.40. The van der Waals surface area contributed by atoms with Crippen molar-refractivity contribution in [3.05, 3.63) is 40.8 Å². The fourth-order valence-corrected chi connectivity index (χ4v) is 3.41. The van der Waals surface area contributed by atoms with Crippen LogP contribution in [0.15, 0.2) is 16.7 Å². The van der Waals surface area contributed by atoms with E-state index in [1.165, 1.54) is 12.1 Å². The molecule has 1 aliphatic heterocycles. The summed E-state index contributed by atoms with van der Waals surface area (Å²) in [5.41, 5.74) is 1.44. The number of benzene rings is 1. The van der Waals surface area contributed by atoms with Crippen LogP contribution in [0.1, 0.15) is 17.0 Å². The van der Waals surface area contributed by atoms with Crippen LogP contribution in [0.25, 0.3) is 11.1 Å². The molecule has 1 aromatic carbocycles. The molecule has 3 atom stereocenters. The van der Waals surface area contributed by atoms with E-state index >= 15 is 0 Å². The normalized spacial score (nSPS) is 24.2. The number of aliphatic hydroxyl groups excluding tert-OH is 3. The zero-order valence-corrected chi connectivity index (χ0v) is 14.6. The summed E-state index contributed by atoms with van der Waals surface area (Å²) in [7, 11) is 0. The number of rotatable bonds is 4. The molecule has 0 radical (unpaired) electrons. The molecule has 0 saturated carbocycles. The molecule has 2 aromatic rings. The van der Waals surface area contributed by atoms with Crippen molar-refractivity contribution in [1.29, 1.82) is 0 Å². The predicted molar refractivity (Wildman–Crippen MR) is 89.5 cm³/mol. The number of likely N-dealkylation sites (tertiary alicyclic amines) is 1. The van der Waals surface area contributed by atoms with Gasteiger partial charge in [-0.1, -0.05) is 5.16 Å². The molecule has 1 fully saturated rings. The highest BCUT2D eigenvalue weighted by Gasteiger charge is 2.33. The summed E-state index contributed by atoms with van der Waals surface area (Å²) < 4.78 is 34.0. The van der Waals surface area contributed by atoms with E-state index in [-0.39, 0.29) is 31.6 Å². The van der Waals surface area contributed by atoms with Crippen molar-refractivity contribution in [1.82, 2.24) is 10.1 Å². The van der Waals surface area contributed by atoms with E-state index in [4.69, 9.17) is 4.52 Å². The van der Waals surface area contributed by atoms with Gasteiger partial charge in [-0.25, -0.2) is 8.78 Å². The molecule has 1 aromatic heterocycles. The van der Waals surface area contributed by atoms with Gasteiger partial charge in [-0.3, -0.25) is 4.90 Å². The summed E-state index contributed by atoms with van der Waals surface area (Å²) in [6, 6.07) is 2.52. The Morgan fingerprint density at radius 2 is 1.69 bits per heavy atom. The van der Waals surface area contributed by atoms with E-state index in [2.05, 4.69) is 5.16 Å². The molecule has 1 aliphatic rings. The molecule has 0 bridgehead atoms. The molecular formula is C18H22F2N2O4. The highest BCUT2D eigenvalue weighted by atomic mass is 19.1. The zero-order valence-electron chi connectivity index (χ0n) is 14.6. The number of nitrogens with zero attached hydrogens (tertiary/aromatic N) is 2. The van der Waals surface area contributed by atoms with Crippen LogP contribution in [0, 0.1) is 25.5 Å². The second-order valence-corrected chi connectivity index (χ2v) is 6.75. The van der Waals surface area contributed by atoms with Crippen molar-refractivity contribution >= 4 is 0 Å². The van der Waals surface area contributed by atoms with Crippen molar-refractivity contribution < 1.29 is 28.6 Å². The third-order valence-electron chi connectivity index (χ3n) is 4.82. The summed E-state index contributed by atoms with van der Waals surface area (Å²) in [4.78, 5) is 1.67. The largest absolute Gasteiger partial charge is 0.389 e. The van der Waals surface area contributed by atoms with Crippen molar-refractivity contribution in [2.45, 2.75) is 38.6 Å². The Hall–Kier alpha value is -1.87. The third kappa shape index (κ3) is 3.64. The van der Waals surface area contributed by atoms with Crippen LogP contribution in [-0.2, 0) is 6.42 Å². The quantitative estimate of drug-likeness (QED) is 0.751. The van der Waals surface area contributed by atoms with Gasteiger partial charge < -0.3 is 19.8 Å². The maximum absolute atomic E-state index is 14.5. The summed E-state index contributed by atoms with van der Waals surface area (Å²) >= 11 is 0. The van der Waals surface area contributed by atoms with E-state index in [1.54, 1.807) is 18.7 Å². The van der Waals surface area contributed by atoms with Crippen LogP contribution >= 0.6 is 0 Å². The monoisotopic (exact) mass is 368 g/mol. The second-order valence-electron chi connectivity index (χ2n) is 6.75. The molecule has 0 spiro atoms. The molecule has 3 N–H and O–H groups in total. The van der Waals surface area contributed by atoms with E-state index < -0.39 is 29.9 Å². The van der Waals surface area contributed by atoms with Gasteiger partial charge in [-0.15, -0.1) is 0 Å². The van der Waals surface area contributed by atoms with Gasteiger partial charge in [0.25, 0.3) is 0 Å². The number of piperidine rings is 1. The average Bonchev–Trinajstić information content (AvgIpc) is 2.90. The van der Waals surface area contributed by atoms with Gasteiger partial charge in [0.05, 0.1) is 17.9 Å². The lowest BCUT2D eigenvalue weighted by molar-refractivity contribution is -0.109. The molecule has 8 heteroatoms. The molecular weight excluding hydrogens is 346 g/mol. The molecule has 3 rings (SSSR count). The maximum Gasteiger partial charge on any atom is 0.141 e. The molecule has 0 amide bonds. The molecule has 2 heterocycles. The van der Waals surface area contributed by atoms with Gasteiger partial charge in [0.15, 0.2) is 0 Å². The minimum Gasteiger partial charge on any atom is -0.389 e. The van der Waals surface area contributed by atoms with Gasteiger partial charge in [0, 0.05) is 30.8 Å². The average molecular weight is 368 g/mol. The zero-order chi connectivity index (χ0) is 19.0. The van der Waals surface area contributed by atoms with Crippen molar-refractivity contribution in [2.75, 3.05) is 19.6 Å². The maximum atomic E-state index is 14.5.